The first-order chi connectivity index (χ1) is 10.2. The topological polar surface area (TPSA) is 26.0 Å². The second-order valence-electron chi connectivity index (χ2n) is 5.88. The van der Waals surface area contributed by atoms with Crippen molar-refractivity contribution in [3.05, 3.63) is 69.4 Å². The van der Waals surface area contributed by atoms with Gasteiger partial charge in [-0.05, 0) is 64.4 Å². The van der Waals surface area contributed by atoms with Gasteiger partial charge in [-0.2, -0.15) is 0 Å². The van der Waals surface area contributed by atoms with Crippen molar-refractivity contribution in [2.75, 3.05) is 6.54 Å². The molecule has 110 valence electrons. The minimum absolute atomic E-state index is 0.0782. The van der Waals surface area contributed by atoms with E-state index in [0.717, 1.165) is 31.2 Å². The number of benzene rings is 2. The lowest BCUT2D eigenvalue weighted by atomic mass is 9.67. The zero-order chi connectivity index (χ0) is 14.9. The Morgan fingerprint density at radius 1 is 1.14 bits per heavy atom. The van der Waals surface area contributed by atoms with Crippen molar-refractivity contribution >= 4 is 15.9 Å². The summed E-state index contributed by atoms with van der Waals surface area (Å²) >= 11 is 3.38. The number of fused-ring (bicyclic) bond motifs is 1. The van der Waals surface area contributed by atoms with Gasteiger partial charge in [-0.25, -0.2) is 4.39 Å². The second kappa shape index (κ2) is 5.90. The molecule has 2 aromatic carbocycles. The average molecular weight is 348 g/mol. The van der Waals surface area contributed by atoms with Gasteiger partial charge in [0, 0.05) is 12.0 Å². The Morgan fingerprint density at radius 2 is 1.95 bits per heavy atom. The van der Waals surface area contributed by atoms with Crippen molar-refractivity contribution in [3.63, 3.8) is 0 Å². The number of rotatable bonds is 3. The number of halogens is 2. The Balaban J connectivity index is 2.04. The molecular weight excluding hydrogens is 329 g/mol. The first kappa shape index (κ1) is 14.7. The Labute approximate surface area is 133 Å². The van der Waals surface area contributed by atoms with Crippen LogP contribution in [0.1, 0.15) is 29.5 Å². The van der Waals surface area contributed by atoms with Gasteiger partial charge in [-0.3, -0.25) is 0 Å². The highest BCUT2D eigenvalue weighted by molar-refractivity contribution is 9.10. The molecule has 0 radical (unpaired) electrons. The quantitative estimate of drug-likeness (QED) is 0.876. The summed E-state index contributed by atoms with van der Waals surface area (Å²) in [4.78, 5) is 0. The summed E-state index contributed by atoms with van der Waals surface area (Å²) in [5.41, 5.74) is 9.83. The normalized spacial score (nSPS) is 21.1. The molecule has 0 aliphatic heterocycles. The van der Waals surface area contributed by atoms with Crippen LogP contribution in [-0.4, -0.2) is 6.54 Å². The van der Waals surface area contributed by atoms with Gasteiger partial charge >= 0.3 is 0 Å². The maximum Gasteiger partial charge on any atom is 0.137 e. The van der Waals surface area contributed by atoms with E-state index in [1.54, 1.807) is 6.07 Å². The van der Waals surface area contributed by atoms with E-state index in [9.17, 15) is 4.39 Å². The van der Waals surface area contributed by atoms with Crippen LogP contribution in [0.2, 0.25) is 0 Å². The van der Waals surface area contributed by atoms with Gasteiger partial charge < -0.3 is 5.73 Å². The van der Waals surface area contributed by atoms with E-state index in [2.05, 4.69) is 40.2 Å². The summed E-state index contributed by atoms with van der Waals surface area (Å²) in [6, 6.07) is 13.8. The van der Waals surface area contributed by atoms with Gasteiger partial charge in [0.25, 0.3) is 0 Å². The zero-order valence-electron chi connectivity index (χ0n) is 11.9. The van der Waals surface area contributed by atoms with Crippen LogP contribution >= 0.6 is 15.9 Å². The van der Waals surface area contributed by atoms with Crippen molar-refractivity contribution in [3.8, 4) is 0 Å². The van der Waals surface area contributed by atoms with E-state index in [0.29, 0.717) is 11.0 Å². The number of hydrogen-bond donors (Lipinski definition) is 1. The van der Waals surface area contributed by atoms with Crippen LogP contribution in [0.3, 0.4) is 0 Å². The van der Waals surface area contributed by atoms with Crippen LogP contribution in [0.15, 0.2) is 46.9 Å². The molecule has 3 heteroatoms. The third-order valence-electron chi connectivity index (χ3n) is 4.64. The molecule has 21 heavy (non-hydrogen) atoms. The molecule has 1 aliphatic rings. The van der Waals surface area contributed by atoms with Gasteiger partial charge in [0.05, 0.1) is 4.47 Å². The van der Waals surface area contributed by atoms with Crippen LogP contribution < -0.4 is 5.73 Å². The van der Waals surface area contributed by atoms with Crippen molar-refractivity contribution in [1.82, 2.24) is 0 Å². The Kier molecular flexibility index (Phi) is 4.14. The standard InChI is InChI=1S/C18H19BrFN/c19-17-14(6-3-9-16(17)20)11-18(12-21)10-4-7-13-5-1-2-8-15(13)18/h1-3,5-6,8-9H,4,7,10-12,21H2. The summed E-state index contributed by atoms with van der Waals surface area (Å²) in [7, 11) is 0. The lowest BCUT2D eigenvalue weighted by molar-refractivity contribution is 0.364. The van der Waals surface area contributed by atoms with E-state index in [-0.39, 0.29) is 11.2 Å². The monoisotopic (exact) mass is 347 g/mol. The molecule has 0 aromatic heterocycles. The maximum atomic E-state index is 13.8. The molecular formula is C18H19BrFN. The van der Waals surface area contributed by atoms with Gasteiger partial charge in [0.1, 0.15) is 5.82 Å². The fourth-order valence-corrected chi connectivity index (χ4v) is 3.93. The Bertz CT molecular complexity index is 655. The highest BCUT2D eigenvalue weighted by Crippen LogP contribution is 2.40. The van der Waals surface area contributed by atoms with E-state index < -0.39 is 0 Å². The van der Waals surface area contributed by atoms with Crippen LogP contribution in [0.4, 0.5) is 4.39 Å². The van der Waals surface area contributed by atoms with Crippen LogP contribution in [0.5, 0.6) is 0 Å². The third-order valence-corrected chi connectivity index (χ3v) is 5.53. The van der Waals surface area contributed by atoms with Crippen LogP contribution in [0, 0.1) is 5.82 Å². The molecule has 1 aliphatic carbocycles. The average Bonchev–Trinajstić information content (AvgIpc) is 2.52. The predicted molar refractivity (Wildman–Crippen MR) is 87.9 cm³/mol. The molecule has 0 fully saturated rings. The highest BCUT2D eigenvalue weighted by Gasteiger charge is 2.35. The summed E-state index contributed by atoms with van der Waals surface area (Å²) in [5.74, 6) is -0.205. The highest BCUT2D eigenvalue weighted by atomic mass is 79.9. The van der Waals surface area contributed by atoms with E-state index in [4.69, 9.17) is 5.73 Å². The molecule has 0 spiro atoms. The number of aryl methyl sites for hydroxylation is 1. The summed E-state index contributed by atoms with van der Waals surface area (Å²) in [5, 5.41) is 0. The van der Waals surface area contributed by atoms with Gasteiger partial charge in [0.15, 0.2) is 0 Å². The molecule has 0 amide bonds. The molecule has 0 heterocycles. The smallest absolute Gasteiger partial charge is 0.137 e. The lowest BCUT2D eigenvalue weighted by Crippen LogP contribution is -2.40. The van der Waals surface area contributed by atoms with Crippen molar-refractivity contribution < 1.29 is 4.39 Å². The summed E-state index contributed by atoms with van der Waals surface area (Å²) < 4.78 is 14.4. The first-order valence-corrected chi connectivity index (χ1v) is 8.17. The molecule has 3 rings (SSSR count). The Morgan fingerprint density at radius 3 is 2.76 bits per heavy atom. The molecule has 1 unspecified atom stereocenters. The van der Waals surface area contributed by atoms with Crippen molar-refractivity contribution in [2.24, 2.45) is 5.73 Å². The Hall–Kier alpha value is -1.19. The molecule has 2 N–H and O–H groups in total. The second-order valence-corrected chi connectivity index (χ2v) is 6.68. The lowest BCUT2D eigenvalue weighted by Gasteiger charge is -2.39. The van der Waals surface area contributed by atoms with Gasteiger partial charge in [0.2, 0.25) is 0 Å². The molecule has 1 nitrogen and oxygen atoms in total. The fourth-order valence-electron chi connectivity index (χ4n) is 3.52. The van der Waals surface area contributed by atoms with Crippen LogP contribution in [0.25, 0.3) is 0 Å². The molecule has 2 aromatic rings. The minimum atomic E-state index is -0.205. The molecule has 0 saturated carbocycles. The first-order valence-electron chi connectivity index (χ1n) is 7.38. The van der Waals surface area contributed by atoms with Crippen LogP contribution in [-0.2, 0) is 18.3 Å². The molecule has 0 bridgehead atoms. The van der Waals surface area contributed by atoms with Crippen molar-refractivity contribution in [2.45, 2.75) is 31.1 Å². The van der Waals surface area contributed by atoms with Gasteiger partial charge in [-0.15, -0.1) is 0 Å². The van der Waals surface area contributed by atoms with E-state index in [1.807, 2.05) is 6.07 Å². The third kappa shape index (κ3) is 2.65. The summed E-state index contributed by atoms with van der Waals surface area (Å²) in [6.07, 6.45) is 4.09. The van der Waals surface area contributed by atoms with Crippen molar-refractivity contribution in [1.29, 1.82) is 0 Å². The van der Waals surface area contributed by atoms with Gasteiger partial charge in [-0.1, -0.05) is 36.4 Å². The largest absolute Gasteiger partial charge is 0.330 e. The predicted octanol–water partition coefficient (Wildman–Crippen LogP) is 4.36. The molecule has 1 atom stereocenters. The minimum Gasteiger partial charge on any atom is -0.330 e. The number of nitrogens with two attached hydrogens (primary N) is 1. The summed E-state index contributed by atoms with van der Waals surface area (Å²) in [6.45, 7) is 0.590. The van der Waals surface area contributed by atoms with E-state index >= 15 is 0 Å². The molecule has 0 saturated heterocycles. The number of hydrogen-bond acceptors (Lipinski definition) is 1. The fraction of sp³-hybridized carbons (Fsp3) is 0.333. The van der Waals surface area contributed by atoms with E-state index in [1.165, 1.54) is 17.2 Å². The SMILES string of the molecule is NCC1(Cc2cccc(F)c2Br)CCCc2ccccc21. The zero-order valence-corrected chi connectivity index (χ0v) is 13.5. The maximum absolute atomic E-state index is 13.8.